The van der Waals surface area contributed by atoms with E-state index in [1.807, 2.05) is 0 Å². The summed E-state index contributed by atoms with van der Waals surface area (Å²) in [6.07, 6.45) is -0.973. The predicted molar refractivity (Wildman–Crippen MR) is 55.7 cm³/mol. The molecule has 88 valence electrons. The van der Waals surface area contributed by atoms with Crippen LogP contribution in [0.25, 0.3) is 0 Å². The molecule has 0 saturated carbocycles. The molecule has 5 heteroatoms. The summed E-state index contributed by atoms with van der Waals surface area (Å²) in [7, 11) is 2.09. The van der Waals surface area contributed by atoms with Gasteiger partial charge in [-0.05, 0) is 7.05 Å². The Morgan fingerprint density at radius 1 is 1.20 bits per heavy atom. The Kier molecular flexibility index (Phi) is 3.58. The zero-order valence-corrected chi connectivity index (χ0v) is 9.17. The fraction of sp³-hybridized carbons (Fsp3) is 1.00. The van der Waals surface area contributed by atoms with Gasteiger partial charge in [-0.1, -0.05) is 0 Å². The van der Waals surface area contributed by atoms with Gasteiger partial charge in [-0.25, -0.2) is 0 Å². The van der Waals surface area contributed by atoms with Crippen LogP contribution in [0.1, 0.15) is 0 Å². The van der Waals surface area contributed by atoms with Crippen LogP contribution in [-0.2, 0) is 4.74 Å². The molecule has 0 bridgehead atoms. The SMILES string of the molecule is CN1CCOC(CN2C[C@@H](O)[C@@H](O)C2)C1. The molecule has 5 nitrogen and oxygen atoms in total. The second-order valence-electron chi connectivity index (χ2n) is 4.61. The van der Waals surface area contributed by atoms with Gasteiger partial charge in [0.25, 0.3) is 0 Å². The molecular formula is C10H20N2O3. The molecule has 0 amide bonds. The van der Waals surface area contributed by atoms with E-state index in [1.54, 1.807) is 0 Å². The second-order valence-corrected chi connectivity index (χ2v) is 4.61. The molecule has 0 radical (unpaired) electrons. The van der Waals surface area contributed by atoms with Crippen LogP contribution in [0.3, 0.4) is 0 Å². The number of aliphatic hydroxyl groups is 2. The van der Waals surface area contributed by atoms with Crippen molar-refractivity contribution in [3.63, 3.8) is 0 Å². The first-order valence-corrected chi connectivity index (χ1v) is 5.54. The molecule has 0 aromatic rings. The first-order chi connectivity index (χ1) is 7.15. The minimum Gasteiger partial charge on any atom is -0.389 e. The van der Waals surface area contributed by atoms with Crippen molar-refractivity contribution in [3.8, 4) is 0 Å². The lowest BCUT2D eigenvalue weighted by molar-refractivity contribution is -0.0341. The Balaban J connectivity index is 1.77. The second kappa shape index (κ2) is 4.76. The smallest absolute Gasteiger partial charge is 0.0938 e. The van der Waals surface area contributed by atoms with Crippen molar-refractivity contribution in [1.29, 1.82) is 0 Å². The number of likely N-dealkylation sites (N-methyl/N-ethyl adjacent to an activating group) is 1. The molecule has 2 heterocycles. The number of rotatable bonds is 2. The Morgan fingerprint density at radius 3 is 2.47 bits per heavy atom. The summed E-state index contributed by atoms with van der Waals surface area (Å²) >= 11 is 0. The third kappa shape index (κ3) is 2.89. The minimum atomic E-state index is -0.591. The molecule has 0 aromatic carbocycles. The lowest BCUT2D eigenvalue weighted by atomic mass is 10.2. The first kappa shape index (κ1) is 11.3. The Morgan fingerprint density at radius 2 is 1.87 bits per heavy atom. The first-order valence-electron chi connectivity index (χ1n) is 5.54. The highest BCUT2D eigenvalue weighted by atomic mass is 16.5. The zero-order chi connectivity index (χ0) is 10.8. The lowest BCUT2D eigenvalue weighted by Gasteiger charge is -2.32. The quantitative estimate of drug-likeness (QED) is 0.579. The van der Waals surface area contributed by atoms with Crippen molar-refractivity contribution in [1.82, 2.24) is 9.80 Å². The molecule has 2 saturated heterocycles. The van der Waals surface area contributed by atoms with Crippen molar-refractivity contribution in [2.45, 2.75) is 18.3 Å². The molecule has 0 spiro atoms. The summed E-state index contributed by atoms with van der Waals surface area (Å²) in [5.41, 5.74) is 0. The van der Waals surface area contributed by atoms with E-state index in [1.165, 1.54) is 0 Å². The average molecular weight is 216 g/mol. The van der Waals surface area contributed by atoms with Gasteiger partial charge < -0.3 is 19.8 Å². The van der Waals surface area contributed by atoms with Gasteiger partial charge in [-0.2, -0.15) is 0 Å². The van der Waals surface area contributed by atoms with Crippen LogP contribution in [0, 0.1) is 0 Å². The minimum absolute atomic E-state index is 0.209. The Hall–Kier alpha value is -0.200. The van der Waals surface area contributed by atoms with Gasteiger partial charge in [-0.3, -0.25) is 4.90 Å². The fourth-order valence-corrected chi connectivity index (χ4v) is 2.26. The van der Waals surface area contributed by atoms with Crippen molar-refractivity contribution < 1.29 is 14.9 Å². The van der Waals surface area contributed by atoms with Gasteiger partial charge in [0.1, 0.15) is 0 Å². The number of aliphatic hydroxyl groups excluding tert-OH is 2. The Labute approximate surface area is 90.2 Å². The summed E-state index contributed by atoms with van der Waals surface area (Å²) in [5, 5.41) is 18.8. The van der Waals surface area contributed by atoms with E-state index in [0.717, 1.165) is 26.2 Å². The van der Waals surface area contributed by atoms with E-state index in [2.05, 4.69) is 16.8 Å². The highest BCUT2D eigenvalue weighted by molar-refractivity contribution is 4.85. The largest absolute Gasteiger partial charge is 0.389 e. The van der Waals surface area contributed by atoms with Crippen LogP contribution in [0.15, 0.2) is 0 Å². The number of β-amino-alcohol motifs (C(OH)–C–C–N with tert-alkyl or cyclic N) is 2. The van der Waals surface area contributed by atoms with E-state index in [0.29, 0.717) is 13.1 Å². The maximum Gasteiger partial charge on any atom is 0.0938 e. The van der Waals surface area contributed by atoms with Gasteiger partial charge >= 0.3 is 0 Å². The van der Waals surface area contributed by atoms with Crippen LogP contribution in [0.4, 0.5) is 0 Å². The monoisotopic (exact) mass is 216 g/mol. The fourth-order valence-electron chi connectivity index (χ4n) is 2.26. The molecule has 3 atom stereocenters. The number of likely N-dealkylation sites (tertiary alicyclic amines) is 1. The van der Waals surface area contributed by atoms with Crippen molar-refractivity contribution in [2.24, 2.45) is 0 Å². The van der Waals surface area contributed by atoms with Crippen LogP contribution in [-0.4, -0.2) is 84.7 Å². The summed E-state index contributed by atoms with van der Waals surface area (Å²) in [4.78, 5) is 4.32. The topological polar surface area (TPSA) is 56.2 Å². The van der Waals surface area contributed by atoms with E-state index >= 15 is 0 Å². The van der Waals surface area contributed by atoms with Gasteiger partial charge in [0.05, 0.1) is 24.9 Å². The third-order valence-electron chi connectivity index (χ3n) is 3.14. The van der Waals surface area contributed by atoms with E-state index in [-0.39, 0.29) is 6.10 Å². The molecular weight excluding hydrogens is 196 g/mol. The molecule has 1 unspecified atom stereocenters. The predicted octanol–water partition coefficient (Wildman–Crippen LogP) is -1.65. The molecule has 2 aliphatic heterocycles. The van der Waals surface area contributed by atoms with E-state index < -0.39 is 12.2 Å². The van der Waals surface area contributed by atoms with E-state index in [9.17, 15) is 10.2 Å². The molecule has 2 aliphatic rings. The summed E-state index contributed by atoms with van der Waals surface area (Å²) < 4.78 is 5.63. The molecule has 2 rings (SSSR count). The van der Waals surface area contributed by atoms with Crippen LogP contribution in [0.2, 0.25) is 0 Å². The van der Waals surface area contributed by atoms with Gasteiger partial charge in [0.15, 0.2) is 0 Å². The third-order valence-corrected chi connectivity index (χ3v) is 3.14. The van der Waals surface area contributed by atoms with Crippen molar-refractivity contribution >= 4 is 0 Å². The standard InChI is InChI=1S/C10H20N2O3/c1-11-2-3-15-8(4-11)5-12-6-9(13)10(14)7-12/h8-10,13-14H,2-7H2,1H3/t8?,9-,10+. The van der Waals surface area contributed by atoms with Gasteiger partial charge in [0, 0.05) is 32.7 Å². The Bertz CT molecular complexity index is 202. The van der Waals surface area contributed by atoms with Crippen molar-refractivity contribution in [3.05, 3.63) is 0 Å². The molecule has 2 fully saturated rings. The van der Waals surface area contributed by atoms with Crippen LogP contribution in [0.5, 0.6) is 0 Å². The zero-order valence-electron chi connectivity index (χ0n) is 9.17. The maximum absolute atomic E-state index is 9.41. The highest BCUT2D eigenvalue weighted by Gasteiger charge is 2.31. The number of hydrogen-bond acceptors (Lipinski definition) is 5. The van der Waals surface area contributed by atoms with Crippen LogP contribution >= 0.6 is 0 Å². The lowest BCUT2D eigenvalue weighted by Crippen LogP contribution is -2.45. The molecule has 15 heavy (non-hydrogen) atoms. The summed E-state index contributed by atoms with van der Waals surface area (Å²) in [5.74, 6) is 0. The number of hydrogen-bond donors (Lipinski definition) is 2. The molecule has 0 aromatic heterocycles. The maximum atomic E-state index is 9.41. The highest BCUT2D eigenvalue weighted by Crippen LogP contribution is 2.12. The van der Waals surface area contributed by atoms with Crippen LogP contribution < -0.4 is 0 Å². The van der Waals surface area contributed by atoms with E-state index in [4.69, 9.17) is 4.74 Å². The number of nitrogens with zero attached hydrogens (tertiary/aromatic N) is 2. The molecule has 0 aliphatic carbocycles. The van der Waals surface area contributed by atoms with Crippen molar-refractivity contribution in [2.75, 3.05) is 46.4 Å². The number of ether oxygens (including phenoxy) is 1. The normalized spacial score (nSPS) is 39.8. The summed E-state index contributed by atoms with van der Waals surface area (Å²) in [6, 6.07) is 0. The average Bonchev–Trinajstić information content (AvgIpc) is 2.45. The number of morpholine rings is 1. The summed E-state index contributed by atoms with van der Waals surface area (Å²) in [6.45, 7) is 4.62. The van der Waals surface area contributed by atoms with Gasteiger partial charge in [-0.15, -0.1) is 0 Å². The van der Waals surface area contributed by atoms with Gasteiger partial charge in [0.2, 0.25) is 0 Å². The molecule has 2 N–H and O–H groups in total.